The Kier molecular flexibility index (Phi) is 11.8. The molecule has 28 heavy (non-hydrogen) atoms. The van der Waals surface area contributed by atoms with Crippen molar-refractivity contribution in [1.29, 1.82) is 0 Å². The van der Waals surface area contributed by atoms with Crippen LogP contribution in [-0.2, 0) is 24.0 Å². The van der Waals surface area contributed by atoms with Gasteiger partial charge in [-0.15, -0.1) is 0 Å². The molecule has 4 atom stereocenters. The maximum Gasteiger partial charge on any atom is 0.326 e. The predicted octanol–water partition coefficient (Wildman–Crippen LogP) is -4.97. The summed E-state index contributed by atoms with van der Waals surface area (Å²) >= 11 is 3.90. The van der Waals surface area contributed by atoms with E-state index in [1.54, 1.807) is 0 Å². The topological polar surface area (TPSA) is 234 Å². The normalized spacial score (nSPS) is 14.9. The molecule has 0 aromatic heterocycles. The lowest BCUT2D eigenvalue weighted by atomic mass is 10.1. The number of hydrogen-bond donors (Lipinski definition) is 9. The average Bonchev–Trinajstić information content (AvgIpc) is 2.65. The number of amides is 4. The van der Waals surface area contributed by atoms with Gasteiger partial charge in [0, 0.05) is 12.2 Å². The van der Waals surface area contributed by atoms with Gasteiger partial charge >= 0.3 is 5.97 Å². The van der Waals surface area contributed by atoms with Crippen molar-refractivity contribution in [3.63, 3.8) is 0 Å². The molecule has 0 fully saturated rings. The number of hydrogen-bond acceptors (Lipinski definition) is 9. The zero-order valence-electron chi connectivity index (χ0n) is 14.8. The lowest BCUT2D eigenvalue weighted by Gasteiger charge is -2.23. The highest BCUT2D eigenvalue weighted by Crippen LogP contribution is 2.00. The molecule has 13 nitrogen and oxygen atoms in total. The first-order chi connectivity index (χ1) is 13.1. The quantitative estimate of drug-likeness (QED) is 0.129. The minimum absolute atomic E-state index is 0.234. The van der Waals surface area contributed by atoms with Crippen LogP contribution in [0.15, 0.2) is 0 Å². The van der Waals surface area contributed by atoms with Gasteiger partial charge in [0.2, 0.25) is 23.6 Å². The van der Waals surface area contributed by atoms with Gasteiger partial charge in [-0.2, -0.15) is 12.6 Å². The zero-order chi connectivity index (χ0) is 21.9. The number of carbonyl (C=O) groups excluding carboxylic acids is 4. The largest absolute Gasteiger partial charge is 0.480 e. The number of nitrogens with one attached hydrogen (secondary N) is 3. The standard InChI is InChI=1S/C14H25N5O8S/c15-6(3-20)11(23)18-8(4-21)12(24)19-9(5-28)13(25)17-7(14(26)27)1-2-10(16)22/h6-9,20-21,28H,1-5,15H2,(H2,16,22)(H,17,25)(H,18,23)(H,19,24)(H,26,27). The second-order valence-electron chi connectivity index (χ2n) is 5.68. The molecule has 0 spiro atoms. The van der Waals surface area contributed by atoms with Crippen molar-refractivity contribution < 1.29 is 39.3 Å². The Morgan fingerprint density at radius 2 is 1.36 bits per heavy atom. The van der Waals surface area contributed by atoms with E-state index in [9.17, 15) is 29.1 Å². The molecule has 0 aliphatic rings. The van der Waals surface area contributed by atoms with Crippen LogP contribution < -0.4 is 27.4 Å². The SMILES string of the molecule is NC(=O)CCC(NC(=O)C(CS)NC(=O)C(CO)NC(=O)C(N)CO)C(=O)O. The summed E-state index contributed by atoms with van der Waals surface area (Å²) in [6.07, 6.45) is -0.531. The molecule has 0 saturated carbocycles. The molecule has 0 bridgehead atoms. The minimum Gasteiger partial charge on any atom is -0.480 e. The van der Waals surface area contributed by atoms with E-state index >= 15 is 0 Å². The minimum atomic E-state index is -1.47. The molecule has 0 radical (unpaired) electrons. The summed E-state index contributed by atoms with van der Waals surface area (Å²) in [5.74, 6) is -5.16. The van der Waals surface area contributed by atoms with Gasteiger partial charge in [-0.25, -0.2) is 4.79 Å². The third-order valence-electron chi connectivity index (χ3n) is 3.46. The summed E-state index contributed by atoms with van der Waals surface area (Å²) in [5.41, 5.74) is 10.2. The molecule has 160 valence electrons. The molecular weight excluding hydrogens is 398 g/mol. The van der Waals surface area contributed by atoms with Crippen LogP contribution in [0.1, 0.15) is 12.8 Å². The van der Waals surface area contributed by atoms with Gasteiger partial charge < -0.3 is 42.7 Å². The smallest absolute Gasteiger partial charge is 0.326 e. The summed E-state index contributed by atoms with van der Waals surface area (Å²) in [5, 5.41) is 33.6. The number of aliphatic hydroxyl groups excluding tert-OH is 2. The van der Waals surface area contributed by atoms with Gasteiger partial charge in [0.15, 0.2) is 0 Å². The number of carboxylic acid groups (broad SMARTS) is 1. The van der Waals surface area contributed by atoms with Gasteiger partial charge in [0.05, 0.1) is 13.2 Å². The molecule has 0 aromatic carbocycles. The monoisotopic (exact) mass is 423 g/mol. The summed E-state index contributed by atoms with van der Waals surface area (Å²) in [7, 11) is 0. The average molecular weight is 423 g/mol. The van der Waals surface area contributed by atoms with Gasteiger partial charge in [-0.05, 0) is 6.42 Å². The van der Waals surface area contributed by atoms with Crippen molar-refractivity contribution in [2.75, 3.05) is 19.0 Å². The van der Waals surface area contributed by atoms with E-state index < -0.39 is 67.0 Å². The number of nitrogens with two attached hydrogens (primary N) is 2. The summed E-state index contributed by atoms with van der Waals surface area (Å²) in [6.45, 7) is -1.51. The molecule has 0 aromatic rings. The van der Waals surface area contributed by atoms with Crippen molar-refractivity contribution >= 4 is 42.2 Å². The fraction of sp³-hybridized carbons (Fsp3) is 0.643. The highest BCUT2D eigenvalue weighted by Gasteiger charge is 2.29. The van der Waals surface area contributed by atoms with Crippen LogP contribution in [0, 0.1) is 0 Å². The molecular formula is C14H25N5O8S. The molecule has 0 rings (SSSR count). The number of thiol groups is 1. The van der Waals surface area contributed by atoms with Crippen molar-refractivity contribution in [2.24, 2.45) is 11.5 Å². The molecule has 0 saturated heterocycles. The van der Waals surface area contributed by atoms with E-state index in [-0.39, 0.29) is 18.6 Å². The number of primary amides is 1. The second-order valence-corrected chi connectivity index (χ2v) is 6.05. The van der Waals surface area contributed by atoms with E-state index in [2.05, 4.69) is 28.6 Å². The van der Waals surface area contributed by atoms with E-state index in [1.807, 2.05) is 0 Å². The number of aliphatic hydroxyl groups is 2. The fourth-order valence-corrected chi connectivity index (χ4v) is 2.10. The van der Waals surface area contributed by atoms with Crippen molar-refractivity contribution in [2.45, 2.75) is 37.0 Å². The van der Waals surface area contributed by atoms with Crippen LogP contribution in [0.4, 0.5) is 0 Å². The summed E-state index contributed by atoms with van der Waals surface area (Å²) < 4.78 is 0. The number of carboxylic acids is 1. The Labute approximate surface area is 165 Å². The number of rotatable bonds is 13. The van der Waals surface area contributed by atoms with Crippen LogP contribution in [0.2, 0.25) is 0 Å². The second kappa shape index (κ2) is 12.9. The molecule has 4 amide bonds. The van der Waals surface area contributed by atoms with Gasteiger partial charge in [-0.3, -0.25) is 19.2 Å². The van der Waals surface area contributed by atoms with Crippen molar-refractivity contribution in [3.05, 3.63) is 0 Å². The molecule has 14 heteroatoms. The highest BCUT2D eigenvalue weighted by molar-refractivity contribution is 7.80. The Bertz CT molecular complexity index is 590. The van der Waals surface area contributed by atoms with E-state index in [0.717, 1.165) is 0 Å². The molecule has 0 heterocycles. The summed E-state index contributed by atoms with van der Waals surface area (Å²) in [4.78, 5) is 57.9. The third kappa shape index (κ3) is 8.98. The molecule has 10 N–H and O–H groups in total. The van der Waals surface area contributed by atoms with Crippen LogP contribution in [0.3, 0.4) is 0 Å². The first-order valence-corrected chi connectivity index (χ1v) is 8.70. The Morgan fingerprint density at radius 3 is 1.79 bits per heavy atom. The predicted molar refractivity (Wildman–Crippen MR) is 97.9 cm³/mol. The van der Waals surface area contributed by atoms with Gasteiger partial charge in [0.1, 0.15) is 24.2 Å². The Balaban J connectivity index is 4.96. The van der Waals surface area contributed by atoms with Crippen LogP contribution in [0.5, 0.6) is 0 Å². The third-order valence-corrected chi connectivity index (χ3v) is 3.82. The highest BCUT2D eigenvalue weighted by atomic mass is 32.1. The lowest BCUT2D eigenvalue weighted by Crippen LogP contribution is -2.58. The maximum atomic E-state index is 12.2. The first kappa shape index (κ1) is 25.6. The van der Waals surface area contributed by atoms with Gasteiger partial charge in [-0.1, -0.05) is 0 Å². The van der Waals surface area contributed by atoms with Crippen molar-refractivity contribution in [1.82, 2.24) is 16.0 Å². The van der Waals surface area contributed by atoms with E-state index in [0.29, 0.717) is 0 Å². The Morgan fingerprint density at radius 1 is 0.857 bits per heavy atom. The maximum absolute atomic E-state index is 12.2. The van der Waals surface area contributed by atoms with Crippen molar-refractivity contribution in [3.8, 4) is 0 Å². The zero-order valence-corrected chi connectivity index (χ0v) is 15.7. The number of aliphatic carboxylic acids is 1. The fourth-order valence-electron chi connectivity index (χ4n) is 1.84. The summed E-state index contributed by atoms with van der Waals surface area (Å²) in [6, 6.07) is -5.50. The van der Waals surface area contributed by atoms with Crippen LogP contribution in [0.25, 0.3) is 0 Å². The Hall–Kier alpha value is -2.42. The van der Waals surface area contributed by atoms with Gasteiger partial charge in [0.25, 0.3) is 0 Å². The molecule has 0 aliphatic heterocycles. The first-order valence-electron chi connectivity index (χ1n) is 8.07. The van der Waals surface area contributed by atoms with E-state index in [1.165, 1.54) is 0 Å². The van der Waals surface area contributed by atoms with Crippen LogP contribution >= 0.6 is 12.6 Å². The molecule has 4 unspecified atom stereocenters. The van der Waals surface area contributed by atoms with E-state index in [4.69, 9.17) is 21.7 Å². The van der Waals surface area contributed by atoms with Crippen LogP contribution in [-0.4, -0.2) is 88.1 Å². The number of carbonyl (C=O) groups is 5. The molecule has 0 aliphatic carbocycles. The lowest BCUT2D eigenvalue weighted by molar-refractivity contribution is -0.142.